The lowest BCUT2D eigenvalue weighted by atomic mass is 10.1. The van der Waals surface area contributed by atoms with Crippen LogP contribution in [-0.2, 0) is 4.79 Å². The van der Waals surface area contributed by atoms with Crippen molar-refractivity contribution in [2.45, 2.75) is 6.92 Å². The summed E-state index contributed by atoms with van der Waals surface area (Å²) < 4.78 is 11.0. The number of nitrogens with zero attached hydrogens (tertiary/aromatic N) is 1. The van der Waals surface area contributed by atoms with Gasteiger partial charge < -0.3 is 14.5 Å². The van der Waals surface area contributed by atoms with Gasteiger partial charge in [0, 0.05) is 16.7 Å². The molecule has 7 heteroatoms. The van der Waals surface area contributed by atoms with Gasteiger partial charge in [0.1, 0.15) is 28.9 Å². The number of hydrogen-bond donors (Lipinski definition) is 1. The minimum atomic E-state index is -0.574. The highest BCUT2D eigenvalue weighted by Crippen LogP contribution is 2.32. The number of anilines is 1. The number of rotatable bonds is 5. The Labute approximate surface area is 178 Å². The molecule has 0 saturated carbocycles. The van der Waals surface area contributed by atoms with Crippen LogP contribution in [0.3, 0.4) is 0 Å². The van der Waals surface area contributed by atoms with Gasteiger partial charge in [-0.1, -0.05) is 29.3 Å². The minimum Gasteiger partial charge on any atom is -0.495 e. The van der Waals surface area contributed by atoms with Gasteiger partial charge in [-0.3, -0.25) is 4.79 Å². The van der Waals surface area contributed by atoms with Crippen LogP contribution in [0.25, 0.3) is 17.4 Å². The highest BCUT2D eigenvalue weighted by Gasteiger charge is 2.15. The average molecular weight is 427 g/mol. The molecule has 1 N–H and O–H groups in total. The molecule has 3 rings (SSSR count). The summed E-state index contributed by atoms with van der Waals surface area (Å²) in [5.74, 6) is 0.730. The Morgan fingerprint density at radius 1 is 1.17 bits per heavy atom. The van der Waals surface area contributed by atoms with Crippen LogP contribution in [0.1, 0.15) is 11.3 Å². The van der Waals surface area contributed by atoms with E-state index in [1.54, 1.807) is 42.5 Å². The van der Waals surface area contributed by atoms with Gasteiger partial charge in [0.25, 0.3) is 5.91 Å². The maximum absolute atomic E-state index is 12.6. The standard InChI is InChI=1S/C22H16Cl2N2O3/c1-13-3-7-21(28-2)19(9-13)26-22(27)14(12-25)10-16-5-8-20(29-16)17-11-15(23)4-6-18(17)24/h3-11H,1-2H3,(H,26,27)/b14-10+. The van der Waals surface area contributed by atoms with Gasteiger partial charge >= 0.3 is 0 Å². The summed E-state index contributed by atoms with van der Waals surface area (Å²) in [4.78, 5) is 12.6. The maximum atomic E-state index is 12.6. The van der Waals surface area contributed by atoms with E-state index in [2.05, 4.69) is 5.32 Å². The van der Waals surface area contributed by atoms with Crippen LogP contribution < -0.4 is 10.1 Å². The van der Waals surface area contributed by atoms with E-state index < -0.39 is 5.91 Å². The molecule has 0 radical (unpaired) electrons. The number of halogens is 2. The molecule has 1 aromatic heterocycles. The summed E-state index contributed by atoms with van der Waals surface area (Å²) in [7, 11) is 1.51. The summed E-state index contributed by atoms with van der Waals surface area (Å²) in [6.45, 7) is 1.89. The smallest absolute Gasteiger partial charge is 0.266 e. The second-order valence-corrected chi connectivity index (χ2v) is 7.00. The van der Waals surface area contributed by atoms with Gasteiger partial charge in [0.2, 0.25) is 0 Å². The van der Waals surface area contributed by atoms with Gasteiger partial charge in [0.15, 0.2) is 0 Å². The van der Waals surface area contributed by atoms with Crippen molar-refractivity contribution in [3.8, 4) is 23.1 Å². The second kappa shape index (κ2) is 8.87. The Bertz CT molecular complexity index is 1140. The summed E-state index contributed by atoms with van der Waals surface area (Å²) in [5.41, 5.74) is 1.92. The fourth-order valence-corrected chi connectivity index (χ4v) is 3.04. The number of benzene rings is 2. The molecule has 0 fully saturated rings. The van der Waals surface area contributed by atoms with E-state index in [0.29, 0.717) is 38.6 Å². The highest BCUT2D eigenvalue weighted by molar-refractivity contribution is 6.35. The van der Waals surface area contributed by atoms with E-state index in [9.17, 15) is 10.1 Å². The van der Waals surface area contributed by atoms with Crippen molar-refractivity contribution in [3.05, 3.63) is 75.5 Å². The van der Waals surface area contributed by atoms with Crippen LogP contribution in [0.15, 0.2) is 58.5 Å². The molecule has 0 unspecified atom stereocenters. The average Bonchev–Trinajstić information content (AvgIpc) is 3.16. The fraction of sp³-hybridized carbons (Fsp3) is 0.0909. The summed E-state index contributed by atoms with van der Waals surface area (Å²) in [6, 6.07) is 15.6. The number of nitrogens with one attached hydrogen (secondary N) is 1. The first kappa shape index (κ1) is 20.5. The third-order valence-corrected chi connectivity index (χ3v) is 4.64. The van der Waals surface area contributed by atoms with E-state index in [4.69, 9.17) is 32.4 Å². The minimum absolute atomic E-state index is 0.119. The van der Waals surface area contributed by atoms with Crippen LogP contribution in [0.4, 0.5) is 5.69 Å². The Morgan fingerprint density at radius 3 is 2.69 bits per heavy atom. The van der Waals surface area contributed by atoms with E-state index >= 15 is 0 Å². The molecule has 0 bridgehead atoms. The molecular formula is C22H16Cl2N2O3. The van der Waals surface area contributed by atoms with Gasteiger partial charge in [0.05, 0.1) is 17.8 Å². The van der Waals surface area contributed by atoms with Crippen molar-refractivity contribution in [2.24, 2.45) is 0 Å². The predicted molar refractivity (Wildman–Crippen MR) is 114 cm³/mol. The molecule has 1 amide bonds. The zero-order valence-electron chi connectivity index (χ0n) is 15.6. The van der Waals surface area contributed by atoms with Crippen molar-refractivity contribution in [2.75, 3.05) is 12.4 Å². The SMILES string of the molecule is COc1ccc(C)cc1NC(=O)/C(C#N)=C/c1ccc(-c2cc(Cl)ccc2Cl)o1. The molecular weight excluding hydrogens is 411 g/mol. The van der Waals surface area contributed by atoms with Gasteiger partial charge in [-0.25, -0.2) is 0 Å². The molecule has 146 valence electrons. The third kappa shape index (κ3) is 4.80. The summed E-state index contributed by atoms with van der Waals surface area (Å²) in [5, 5.41) is 13.1. The van der Waals surface area contributed by atoms with Crippen molar-refractivity contribution >= 4 is 40.9 Å². The van der Waals surface area contributed by atoms with Crippen LogP contribution in [0.2, 0.25) is 10.0 Å². The zero-order chi connectivity index (χ0) is 21.0. The normalized spacial score (nSPS) is 11.1. The van der Waals surface area contributed by atoms with Gasteiger partial charge in [-0.2, -0.15) is 5.26 Å². The number of hydrogen-bond acceptors (Lipinski definition) is 4. The first-order valence-electron chi connectivity index (χ1n) is 8.54. The van der Waals surface area contributed by atoms with Gasteiger partial charge in [-0.05, 0) is 55.0 Å². The Kier molecular flexibility index (Phi) is 6.28. The number of amides is 1. The number of furan rings is 1. The summed E-state index contributed by atoms with van der Waals surface area (Å²) >= 11 is 12.2. The molecule has 0 saturated heterocycles. The second-order valence-electron chi connectivity index (χ2n) is 6.15. The molecule has 5 nitrogen and oxygen atoms in total. The van der Waals surface area contributed by atoms with Crippen molar-refractivity contribution in [1.82, 2.24) is 0 Å². The van der Waals surface area contributed by atoms with Gasteiger partial charge in [-0.15, -0.1) is 0 Å². The molecule has 3 aromatic rings. The maximum Gasteiger partial charge on any atom is 0.266 e. The molecule has 0 aliphatic rings. The quantitative estimate of drug-likeness (QED) is 0.393. The van der Waals surface area contributed by atoms with E-state index in [-0.39, 0.29) is 5.57 Å². The summed E-state index contributed by atoms with van der Waals surface area (Å²) in [6.07, 6.45) is 1.36. The number of nitriles is 1. The molecule has 0 atom stereocenters. The number of aryl methyl sites for hydroxylation is 1. The number of methoxy groups -OCH3 is 1. The van der Waals surface area contributed by atoms with Crippen LogP contribution in [0, 0.1) is 18.3 Å². The van der Waals surface area contributed by atoms with E-state index in [1.807, 2.05) is 19.1 Å². The fourth-order valence-electron chi connectivity index (χ4n) is 2.66. The molecule has 0 aliphatic carbocycles. The molecule has 29 heavy (non-hydrogen) atoms. The topological polar surface area (TPSA) is 75.3 Å². The lowest BCUT2D eigenvalue weighted by Gasteiger charge is -2.10. The molecule has 2 aromatic carbocycles. The first-order chi connectivity index (χ1) is 13.9. The Morgan fingerprint density at radius 2 is 1.97 bits per heavy atom. The third-order valence-electron chi connectivity index (χ3n) is 4.08. The zero-order valence-corrected chi connectivity index (χ0v) is 17.1. The van der Waals surface area contributed by atoms with E-state index in [0.717, 1.165) is 5.56 Å². The Hall–Kier alpha value is -3.20. The largest absolute Gasteiger partial charge is 0.495 e. The predicted octanol–water partition coefficient (Wildman–Crippen LogP) is 6.12. The monoisotopic (exact) mass is 426 g/mol. The molecule has 0 aliphatic heterocycles. The number of ether oxygens (including phenoxy) is 1. The van der Waals surface area contributed by atoms with Crippen molar-refractivity contribution in [1.29, 1.82) is 5.26 Å². The van der Waals surface area contributed by atoms with Crippen LogP contribution >= 0.6 is 23.2 Å². The molecule has 0 spiro atoms. The lowest BCUT2D eigenvalue weighted by molar-refractivity contribution is -0.112. The number of carbonyl (C=O) groups excluding carboxylic acids is 1. The van der Waals surface area contributed by atoms with Crippen molar-refractivity contribution in [3.63, 3.8) is 0 Å². The number of carbonyl (C=O) groups is 1. The van der Waals surface area contributed by atoms with E-state index in [1.165, 1.54) is 13.2 Å². The first-order valence-corrected chi connectivity index (χ1v) is 9.30. The van der Waals surface area contributed by atoms with Crippen LogP contribution in [0.5, 0.6) is 5.75 Å². The highest BCUT2D eigenvalue weighted by atomic mass is 35.5. The van der Waals surface area contributed by atoms with Crippen molar-refractivity contribution < 1.29 is 13.9 Å². The lowest BCUT2D eigenvalue weighted by Crippen LogP contribution is -2.14. The molecule has 1 heterocycles. The Balaban J connectivity index is 1.86. The van der Waals surface area contributed by atoms with Crippen LogP contribution in [-0.4, -0.2) is 13.0 Å².